The summed E-state index contributed by atoms with van der Waals surface area (Å²) in [5.41, 5.74) is 0. The fourth-order valence-corrected chi connectivity index (χ4v) is 2.34. The van der Waals surface area contributed by atoms with E-state index in [-0.39, 0.29) is 0 Å². The van der Waals surface area contributed by atoms with Crippen molar-refractivity contribution in [1.82, 2.24) is 0 Å². The molecular weight excluding hydrogens is 248 g/mol. The largest absolute Gasteiger partial charge is 0.396 e. The van der Waals surface area contributed by atoms with Gasteiger partial charge in [0.2, 0.25) is 0 Å². The van der Waals surface area contributed by atoms with Crippen molar-refractivity contribution >= 4 is 6.29 Å². The summed E-state index contributed by atoms with van der Waals surface area (Å²) in [6.45, 7) is 0.347. The lowest BCUT2D eigenvalue weighted by molar-refractivity contribution is -0.107. The van der Waals surface area contributed by atoms with Gasteiger partial charge in [-0.25, -0.2) is 0 Å². The summed E-state index contributed by atoms with van der Waals surface area (Å²) in [6, 6.07) is 0. The minimum absolute atomic E-state index is 0.347. The number of carbonyl (C=O) groups excluding carboxylic acids is 1. The molecule has 0 aliphatic rings. The van der Waals surface area contributed by atoms with Crippen LogP contribution < -0.4 is 0 Å². The minimum atomic E-state index is 0.347. The summed E-state index contributed by atoms with van der Waals surface area (Å²) in [5, 5.41) is 8.66. The Balaban J connectivity index is 3.03. The standard InChI is InChI=1S/C18H34O2/c19-17-15-13-11-9-7-5-3-1-2-4-6-8-10-12-14-16-18-20/h1-2,17,20H,3-16,18H2. The van der Waals surface area contributed by atoms with Gasteiger partial charge in [0, 0.05) is 13.0 Å². The van der Waals surface area contributed by atoms with E-state index < -0.39 is 0 Å². The van der Waals surface area contributed by atoms with Crippen LogP contribution in [0.15, 0.2) is 12.2 Å². The third kappa shape index (κ3) is 17.4. The summed E-state index contributed by atoms with van der Waals surface area (Å²) in [6.07, 6.45) is 22.4. The van der Waals surface area contributed by atoms with Gasteiger partial charge in [0.1, 0.15) is 6.29 Å². The molecule has 2 nitrogen and oxygen atoms in total. The maximum Gasteiger partial charge on any atom is 0.119 e. The molecule has 0 aromatic carbocycles. The predicted octanol–water partition coefficient (Wildman–Crippen LogP) is 5.20. The van der Waals surface area contributed by atoms with Crippen LogP contribution in [0.3, 0.4) is 0 Å². The second-order valence-corrected chi connectivity index (χ2v) is 5.62. The molecule has 0 fully saturated rings. The van der Waals surface area contributed by atoms with E-state index in [4.69, 9.17) is 5.11 Å². The van der Waals surface area contributed by atoms with Gasteiger partial charge in [0.15, 0.2) is 0 Å². The molecule has 0 heterocycles. The number of carbonyl (C=O) groups is 1. The zero-order valence-electron chi connectivity index (χ0n) is 13.2. The Kier molecular flexibility index (Phi) is 17.8. The van der Waals surface area contributed by atoms with E-state index in [1.165, 1.54) is 70.6 Å². The first-order valence-electron chi connectivity index (χ1n) is 8.61. The second-order valence-electron chi connectivity index (χ2n) is 5.62. The quantitative estimate of drug-likeness (QED) is 0.240. The van der Waals surface area contributed by atoms with Gasteiger partial charge in [0.25, 0.3) is 0 Å². The number of unbranched alkanes of at least 4 members (excludes halogenated alkanes) is 12. The Labute approximate surface area is 125 Å². The minimum Gasteiger partial charge on any atom is -0.396 e. The molecule has 0 bridgehead atoms. The van der Waals surface area contributed by atoms with Gasteiger partial charge >= 0.3 is 0 Å². The van der Waals surface area contributed by atoms with Crippen molar-refractivity contribution < 1.29 is 9.90 Å². The van der Waals surface area contributed by atoms with E-state index >= 15 is 0 Å². The summed E-state index contributed by atoms with van der Waals surface area (Å²) < 4.78 is 0. The number of aliphatic hydroxyl groups excluding tert-OH is 1. The Bertz CT molecular complexity index is 211. The molecule has 2 heteroatoms. The van der Waals surface area contributed by atoms with Crippen LogP contribution in [0.5, 0.6) is 0 Å². The van der Waals surface area contributed by atoms with Crippen molar-refractivity contribution in [2.45, 2.75) is 89.9 Å². The molecule has 0 amide bonds. The molecule has 0 rings (SSSR count). The lowest BCUT2D eigenvalue weighted by atomic mass is 10.1. The van der Waals surface area contributed by atoms with Crippen LogP contribution in [0.25, 0.3) is 0 Å². The second kappa shape index (κ2) is 18.4. The maximum atomic E-state index is 10.1. The van der Waals surface area contributed by atoms with Crippen LogP contribution in [0.1, 0.15) is 89.9 Å². The molecule has 0 unspecified atom stereocenters. The molecule has 0 saturated carbocycles. The van der Waals surface area contributed by atoms with Crippen LogP contribution in [-0.4, -0.2) is 18.0 Å². The highest BCUT2D eigenvalue weighted by Crippen LogP contribution is 2.09. The zero-order valence-corrected chi connectivity index (χ0v) is 13.2. The first kappa shape index (κ1) is 19.4. The van der Waals surface area contributed by atoms with E-state index in [0.717, 1.165) is 25.5 Å². The van der Waals surface area contributed by atoms with E-state index in [9.17, 15) is 4.79 Å². The van der Waals surface area contributed by atoms with Crippen molar-refractivity contribution in [2.75, 3.05) is 6.61 Å². The molecule has 0 aliphatic heterocycles. The van der Waals surface area contributed by atoms with E-state index in [1.54, 1.807) is 0 Å². The molecule has 1 N–H and O–H groups in total. The summed E-state index contributed by atoms with van der Waals surface area (Å²) in [4.78, 5) is 10.1. The fourth-order valence-electron chi connectivity index (χ4n) is 2.34. The Morgan fingerprint density at radius 3 is 1.40 bits per heavy atom. The van der Waals surface area contributed by atoms with E-state index in [2.05, 4.69) is 12.2 Å². The smallest absolute Gasteiger partial charge is 0.119 e. The van der Waals surface area contributed by atoms with Gasteiger partial charge in [-0.1, -0.05) is 57.1 Å². The normalized spacial score (nSPS) is 11.2. The average Bonchev–Trinajstić information content (AvgIpc) is 2.47. The molecule has 0 radical (unpaired) electrons. The van der Waals surface area contributed by atoms with Crippen LogP contribution in [-0.2, 0) is 4.79 Å². The van der Waals surface area contributed by atoms with Crippen molar-refractivity contribution in [3.8, 4) is 0 Å². The lowest BCUT2D eigenvalue weighted by Gasteiger charge is -1.99. The summed E-state index contributed by atoms with van der Waals surface area (Å²) >= 11 is 0. The van der Waals surface area contributed by atoms with Gasteiger partial charge in [-0.3, -0.25) is 0 Å². The topological polar surface area (TPSA) is 37.3 Å². The Morgan fingerprint density at radius 1 is 0.550 bits per heavy atom. The summed E-state index contributed by atoms with van der Waals surface area (Å²) in [7, 11) is 0. The monoisotopic (exact) mass is 282 g/mol. The number of hydrogen-bond donors (Lipinski definition) is 1. The lowest BCUT2D eigenvalue weighted by Crippen LogP contribution is -1.83. The first-order valence-corrected chi connectivity index (χ1v) is 8.61. The van der Waals surface area contributed by atoms with Gasteiger partial charge < -0.3 is 9.90 Å². The molecule has 0 aromatic rings. The fraction of sp³-hybridized carbons (Fsp3) is 0.833. The number of allylic oxidation sites excluding steroid dienone is 2. The third-order valence-corrected chi connectivity index (χ3v) is 3.64. The molecule has 20 heavy (non-hydrogen) atoms. The molecule has 0 aliphatic carbocycles. The maximum absolute atomic E-state index is 10.1. The van der Waals surface area contributed by atoms with Crippen LogP contribution in [0.2, 0.25) is 0 Å². The first-order chi connectivity index (χ1) is 9.91. The molecular formula is C18H34O2. The van der Waals surface area contributed by atoms with Crippen LogP contribution in [0.4, 0.5) is 0 Å². The summed E-state index contributed by atoms with van der Waals surface area (Å²) in [5.74, 6) is 0. The van der Waals surface area contributed by atoms with Crippen LogP contribution >= 0.6 is 0 Å². The highest BCUT2D eigenvalue weighted by Gasteiger charge is 1.91. The van der Waals surface area contributed by atoms with Gasteiger partial charge in [-0.2, -0.15) is 0 Å². The number of aldehydes is 1. The highest BCUT2D eigenvalue weighted by atomic mass is 16.2. The van der Waals surface area contributed by atoms with Gasteiger partial charge in [-0.15, -0.1) is 0 Å². The highest BCUT2D eigenvalue weighted by molar-refractivity contribution is 5.48. The molecule has 0 spiro atoms. The Morgan fingerprint density at radius 2 is 0.950 bits per heavy atom. The van der Waals surface area contributed by atoms with Crippen molar-refractivity contribution in [2.24, 2.45) is 0 Å². The average molecular weight is 282 g/mol. The zero-order chi connectivity index (χ0) is 14.7. The predicted molar refractivity (Wildman–Crippen MR) is 86.9 cm³/mol. The van der Waals surface area contributed by atoms with Gasteiger partial charge in [0.05, 0.1) is 0 Å². The third-order valence-electron chi connectivity index (χ3n) is 3.64. The molecule has 0 saturated heterocycles. The molecule has 0 aromatic heterocycles. The SMILES string of the molecule is O=CCCCCCCCC=CCCCCCCCCO. The number of aliphatic hydroxyl groups is 1. The van der Waals surface area contributed by atoms with Crippen molar-refractivity contribution in [3.63, 3.8) is 0 Å². The molecule has 118 valence electrons. The van der Waals surface area contributed by atoms with Crippen LogP contribution in [0, 0.1) is 0 Å². The van der Waals surface area contributed by atoms with Crippen molar-refractivity contribution in [1.29, 1.82) is 0 Å². The van der Waals surface area contributed by atoms with E-state index in [1.807, 2.05) is 0 Å². The number of rotatable bonds is 16. The van der Waals surface area contributed by atoms with E-state index in [0.29, 0.717) is 6.61 Å². The molecule has 0 atom stereocenters. The Hall–Kier alpha value is -0.630. The number of hydrogen-bond acceptors (Lipinski definition) is 2. The van der Waals surface area contributed by atoms with Gasteiger partial charge in [-0.05, 0) is 38.5 Å². The van der Waals surface area contributed by atoms with Crippen molar-refractivity contribution in [3.05, 3.63) is 12.2 Å².